The topological polar surface area (TPSA) is 94.4 Å². The fraction of sp³-hybridized carbons (Fsp3) is 0.0513. The molecule has 0 spiro atoms. The first-order valence-corrected chi connectivity index (χ1v) is 16.7. The molecule has 0 unspecified atom stereocenters. The number of oxime groups is 2. The number of carbonyl (C=O) groups excluding carboxylic acids is 3. The molecule has 48 heavy (non-hydrogen) atoms. The zero-order valence-electron chi connectivity index (χ0n) is 26.0. The van der Waals surface area contributed by atoms with Crippen LogP contribution in [0.2, 0.25) is 0 Å². The van der Waals surface area contributed by atoms with Crippen molar-refractivity contribution in [1.29, 1.82) is 0 Å². The minimum Gasteiger partial charge on any atom is -0.312 e. The molecule has 0 N–H and O–H groups in total. The van der Waals surface area contributed by atoms with Crippen LogP contribution in [-0.4, -0.2) is 29.1 Å². The van der Waals surface area contributed by atoms with Crippen LogP contribution in [0.15, 0.2) is 142 Å². The zero-order chi connectivity index (χ0) is 33.5. The molecule has 0 amide bonds. The lowest BCUT2D eigenvalue weighted by Gasteiger charge is -2.12. The number of carbonyl (C=O) groups is 3. The summed E-state index contributed by atoms with van der Waals surface area (Å²) in [6, 6.07) is 35.8. The molecule has 0 bridgehead atoms. The van der Waals surface area contributed by atoms with Crippen LogP contribution >= 0.6 is 22.7 Å². The lowest BCUT2D eigenvalue weighted by molar-refractivity contribution is 0.0508. The summed E-state index contributed by atoms with van der Waals surface area (Å²) >= 11 is 2.57. The average molecular weight is 669 g/mol. The van der Waals surface area contributed by atoms with Crippen LogP contribution in [0.25, 0.3) is 0 Å². The van der Waals surface area contributed by atoms with E-state index in [-0.39, 0.29) is 5.78 Å². The maximum atomic E-state index is 14.6. The molecule has 0 saturated carbocycles. The number of benzene rings is 4. The number of aryl methyl sites for hydroxylation is 2. The van der Waals surface area contributed by atoms with Crippen molar-refractivity contribution in [3.05, 3.63) is 186 Å². The van der Waals surface area contributed by atoms with E-state index in [1.807, 2.05) is 97.4 Å². The van der Waals surface area contributed by atoms with Crippen molar-refractivity contribution in [2.24, 2.45) is 10.3 Å². The quantitative estimate of drug-likeness (QED) is 0.0629. The van der Waals surface area contributed by atoms with Gasteiger partial charge in [-0.1, -0.05) is 107 Å². The molecule has 0 aliphatic rings. The normalized spacial score (nSPS) is 11.6. The average Bonchev–Trinajstić information content (AvgIpc) is 3.71. The van der Waals surface area contributed by atoms with Crippen molar-refractivity contribution >= 4 is 51.8 Å². The van der Waals surface area contributed by atoms with Gasteiger partial charge in [-0.2, -0.15) is 0 Å². The summed E-state index contributed by atoms with van der Waals surface area (Å²) in [6.07, 6.45) is 0. The second kappa shape index (κ2) is 14.8. The summed E-state index contributed by atoms with van der Waals surface area (Å²) < 4.78 is 0. The Morgan fingerprint density at radius 2 is 0.792 bits per heavy atom. The first kappa shape index (κ1) is 32.2. The highest BCUT2D eigenvalue weighted by Crippen LogP contribution is 2.33. The zero-order valence-corrected chi connectivity index (χ0v) is 27.6. The lowest BCUT2D eigenvalue weighted by Crippen LogP contribution is -2.15. The van der Waals surface area contributed by atoms with E-state index in [1.165, 1.54) is 22.7 Å². The van der Waals surface area contributed by atoms with Gasteiger partial charge in [-0.25, -0.2) is 9.59 Å². The van der Waals surface area contributed by atoms with E-state index in [4.69, 9.17) is 9.68 Å². The number of hydrogen-bond donors (Lipinski definition) is 0. The molecule has 0 aliphatic carbocycles. The smallest absolute Gasteiger partial charge is 0.312 e. The van der Waals surface area contributed by atoms with Gasteiger partial charge >= 0.3 is 11.9 Å². The first-order valence-electron chi connectivity index (χ1n) is 14.9. The molecule has 6 aromatic rings. The Kier molecular flexibility index (Phi) is 9.90. The second-order valence-corrected chi connectivity index (χ2v) is 12.4. The Balaban J connectivity index is 1.43. The highest BCUT2D eigenvalue weighted by atomic mass is 32.1. The van der Waals surface area contributed by atoms with E-state index < -0.39 is 11.9 Å². The van der Waals surface area contributed by atoms with E-state index in [2.05, 4.69) is 10.3 Å². The molecule has 6 rings (SSSR count). The van der Waals surface area contributed by atoms with Gasteiger partial charge in [-0.05, 0) is 60.0 Å². The largest absolute Gasteiger partial charge is 0.365 e. The van der Waals surface area contributed by atoms with Gasteiger partial charge in [0.15, 0.2) is 0 Å². The molecule has 0 aliphatic heterocycles. The van der Waals surface area contributed by atoms with E-state index in [0.717, 1.165) is 11.1 Å². The van der Waals surface area contributed by atoms with Crippen LogP contribution in [0.4, 0.5) is 0 Å². The minimum absolute atomic E-state index is 0.257. The standard InChI is InChI=1S/C39H28N2O5S2/c1-25-23-47-36(31(25)33(27-15-7-3-8-16-27)40-45-38(43)29-19-11-5-12-20-29)35(42)37-32(26(2)24-48-37)34(28-17-9-4-10-18-28)41-46-39(44)30-21-13-6-14-22-30/h3-24H,1-2H3. The van der Waals surface area contributed by atoms with Gasteiger partial charge in [0.2, 0.25) is 5.78 Å². The molecular formula is C39H28N2O5S2. The number of nitrogens with zero attached hydrogens (tertiary/aromatic N) is 2. The van der Waals surface area contributed by atoms with Crippen LogP contribution < -0.4 is 0 Å². The minimum atomic E-state index is -0.616. The fourth-order valence-electron chi connectivity index (χ4n) is 5.02. The summed E-state index contributed by atoms with van der Waals surface area (Å²) in [5.74, 6) is -1.49. The third-order valence-electron chi connectivity index (χ3n) is 7.39. The molecule has 2 aromatic heterocycles. The van der Waals surface area contributed by atoms with Gasteiger partial charge in [-0.15, -0.1) is 22.7 Å². The molecule has 4 aromatic carbocycles. The Morgan fingerprint density at radius 1 is 0.479 bits per heavy atom. The second-order valence-electron chi connectivity index (χ2n) is 10.7. The number of hydrogen-bond acceptors (Lipinski definition) is 9. The molecule has 2 heterocycles. The lowest BCUT2D eigenvalue weighted by atomic mass is 9.95. The first-order chi connectivity index (χ1) is 23.4. The number of ketones is 1. The monoisotopic (exact) mass is 668 g/mol. The summed E-state index contributed by atoms with van der Waals surface area (Å²) in [4.78, 5) is 52.1. The molecule has 7 nitrogen and oxygen atoms in total. The van der Waals surface area contributed by atoms with Gasteiger partial charge in [0.25, 0.3) is 0 Å². The Labute approximate surface area is 285 Å². The van der Waals surface area contributed by atoms with E-state index in [9.17, 15) is 14.4 Å². The van der Waals surface area contributed by atoms with Crippen LogP contribution in [0.5, 0.6) is 0 Å². The van der Waals surface area contributed by atoms with Gasteiger partial charge in [0.1, 0.15) is 11.4 Å². The summed E-state index contributed by atoms with van der Waals surface area (Å²) in [5, 5.41) is 12.4. The predicted octanol–water partition coefficient (Wildman–Crippen LogP) is 8.88. The Hall–Kier alpha value is -5.77. The fourth-order valence-corrected chi connectivity index (χ4v) is 7.08. The summed E-state index contributed by atoms with van der Waals surface area (Å²) in [5.41, 5.74) is 5.47. The van der Waals surface area contributed by atoms with Gasteiger partial charge < -0.3 is 9.68 Å². The van der Waals surface area contributed by atoms with Crippen molar-refractivity contribution in [3.8, 4) is 0 Å². The van der Waals surface area contributed by atoms with E-state index in [0.29, 0.717) is 54.6 Å². The summed E-state index contributed by atoms with van der Waals surface area (Å²) in [7, 11) is 0. The predicted molar refractivity (Wildman–Crippen MR) is 189 cm³/mol. The summed E-state index contributed by atoms with van der Waals surface area (Å²) in [6.45, 7) is 3.78. The van der Waals surface area contributed by atoms with Crippen molar-refractivity contribution in [2.75, 3.05) is 0 Å². The van der Waals surface area contributed by atoms with Crippen LogP contribution in [-0.2, 0) is 9.68 Å². The van der Waals surface area contributed by atoms with Crippen molar-refractivity contribution in [2.45, 2.75) is 13.8 Å². The number of thiophene rings is 2. The highest BCUT2D eigenvalue weighted by molar-refractivity contribution is 7.16. The van der Waals surface area contributed by atoms with Crippen molar-refractivity contribution < 1.29 is 24.1 Å². The van der Waals surface area contributed by atoms with Crippen LogP contribution in [0.1, 0.15) is 68.6 Å². The molecule has 0 radical (unpaired) electrons. The Morgan fingerprint density at radius 3 is 1.12 bits per heavy atom. The van der Waals surface area contributed by atoms with Crippen LogP contribution in [0.3, 0.4) is 0 Å². The molecule has 9 heteroatoms. The van der Waals surface area contributed by atoms with E-state index in [1.54, 1.807) is 48.5 Å². The van der Waals surface area contributed by atoms with Gasteiger partial charge in [0.05, 0.1) is 20.9 Å². The SMILES string of the molecule is Cc1csc(C(=O)c2scc(C)c2C(=NOC(=O)c2ccccc2)c2ccccc2)c1C(=NOC(=O)c1ccccc1)c1ccccc1. The Bertz CT molecular complexity index is 1980. The van der Waals surface area contributed by atoms with Crippen molar-refractivity contribution in [1.82, 2.24) is 0 Å². The molecule has 236 valence electrons. The van der Waals surface area contributed by atoms with Gasteiger partial charge in [-0.3, -0.25) is 4.79 Å². The van der Waals surface area contributed by atoms with Gasteiger partial charge in [0, 0.05) is 22.3 Å². The third-order valence-corrected chi connectivity index (χ3v) is 9.58. The third kappa shape index (κ3) is 6.97. The van der Waals surface area contributed by atoms with E-state index >= 15 is 0 Å². The molecule has 0 atom stereocenters. The molecule has 0 saturated heterocycles. The number of rotatable bonds is 10. The van der Waals surface area contributed by atoms with Crippen molar-refractivity contribution in [3.63, 3.8) is 0 Å². The maximum Gasteiger partial charge on any atom is 0.365 e. The maximum absolute atomic E-state index is 14.6. The molecule has 0 fully saturated rings. The van der Waals surface area contributed by atoms with Crippen LogP contribution in [0, 0.1) is 13.8 Å². The highest BCUT2D eigenvalue weighted by Gasteiger charge is 2.29. The molecular weight excluding hydrogens is 641 g/mol.